The third-order valence-electron chi connectivity index (χ3n) is 3.00. The molecule has 0 radical (unpaired) electrons. The summed E-state index contributed by atoms with van der Waals surface area (Å²) in [5, 5.41) is 2.92. The van der Waals surface area contributed by atoms with Crippen LogP contribution >= 0.6 is 0 Å². The van der Waals surface area contributed by atoms with Crippen LogP contribution in [-0.4, -0.2) is 47.5 Å². The van der Waals surface area contributed by atoms with Crippen molar-refractivity contribution in [3.63, 3.8) is 0 Å². The fourth-order valence-corrected chi connectivity index (χ4v) is 1.90. The van der Waals surface area contributed by atoms with E-state index in [1.165, 1.54) is 0 Å². The quantitative estimate of drug-likeness (QED) is 0.812. The molecular weight excluding hydrogens is 252 g/mol. The molecule has 0 aliphatic heterocycles. The van der Waals surface area contributed by atoms with Crippen molar-refractivity contribution in [2.24, 2.45) is 0 Å². The number of hydrogen-bond acceptors (Lipinski definition) is 3. The number of rotatable bonds is 6. The second kappa shape index (κ2) is 6.86. The molecule has 1 N–H and O–H groups in total. The number of nitrogens with zero attached hydrogens (tertiary/aromatic N) is 3. The zero-order valence-corrected chi connectivity index (χ0v) is 11.9. The Morgan fingerprint density at radius 2 is 2.05 bits per heavy atom. The van der Waals surface area contributed by atoms with E-state index in [1.807, 2.05) is 49.1 Å². The highest BCUT2D eigenvalue weighted by Gasteiger charge is 2.05. The smallest absolute Gasteiger partial charge is 0.251 e. The van der Waals surface area contributed by atoms with Gasteiger partial charge < -0.3 is 14.8 Å². The highest BCUT2D eigenvalue weighted by atomic mass is 16.1. The van der Waals surface area contributed by atoms with Gasteiger partial charge in [-0.05, 0) is 51.3 Å². The highest BCUT2D eigenvalue weighted by molar-refractivity contribution is 5.94. The Kier molecular flexibility index (Phi) is 4.90. The minimum atomic E-state index is -0.0269. The molecule has 20 heavy (non-hydrogen) atoms. The van der Waals surface area contributed by atoms with Crippen molar-refractivity contribution in [2.75, 3.05) is 27.2 Å². The summed E-state index contributed by atoms with van der Waals surface area (Å²) < 4.78 is 1.90. The molecule has 0 aliphatic carbocycles. The number of carbonyl (C=O) groups is 1. The topological polar surface area (TPSA) is 50.2 Å². The summed E-state index contributed by atoms with van der Waals surface area (Å²) in [5.41, 5.74) is 1.67. The molecule has 0 unspecified atom stereocenters. The first-order chi connectivity index (χ1) is 9.66. The normalized spacial score (nSPS) is 10.8. The van der Waals surface area contributed by atoms with Gasteiger partial charge in [-0.15, -0.1) is 0 Å². The molecule has 0 aliphatic rings. The molecule has 1 aromatic heterocycles. The molecule has 1 aromatic carbocycles. The van der Waals surface area contributed by atoms with E-state index in [-0.39, 0.29) is 5.91 Å². The van der Waals surface area contributed by atoms with Gasteiger partial charge in [0.1, 0.15) is 0 Å². The number of hydrogen-bond donors (Lipinski definition) is 1. The fourth-order valence-electron chi connectivity index (χ4n) is 1.90. The van der Waals surface area contributed by atoms with E-state index in [2.05, 4.69) is 15.2 Å². The Morgan fingerprint density at radius 1 is 1.30 bits per heavy atom. The zero-order chi connectivity index (χ0) is 14.4. The summed E-state index contributed by atoms with van der Waals surface area (Å²) in [6, 6.07) is 7.49. The molecule has 0 fully saturated rings. The van der Waals surface area contributed by atoms with Crippen LogP contribution in [0.2, 0.25) is 0 Å². The van der Waals surface area contributed by atoms with Gasteiger partial charge in [-0.1, -0.05) is 0 Å². The maximum absolute atomic E-state index is 11.9. The van der Waals surface area contributed by atoms with E-state index < -0.39 is 0 Å². The molecule has 2 rings (SSSR count). The zero-order valence-electron chi connectivity index (χ0n) is 11.9. The number of nitrogens with one attached hydrogen (secondary N) is 1. The molecule has 106 valence electrons. The van der Waals surface area contributed by atoms with Gasteiger partial charge >= 0.3 is 0 Å². The molecule has 5 nitrogen and oxygen atoms in total. The van der Waals surface area contributed by atoms with E-state index in [0.29, 0.717) is 12.1 Å². The van der Waals surface area contributed by atoms with Gasteiger partial charge in [-0.3, -0.25) is 4.79 Å². The Labute approximate surface area is 119 Å². The molecule has 1 heterocycles. The first-order valence-electron chi connectivity index (χ1n) is 6.68. The van der Waals surface area contributed by atoms with Crippen molar-refractivity contribution in [3.05, 3.63) is 48.5 Å². The average Bonchev–Trinajstić information content (AvgIpc) is 2.97. The Hall–Kier alpha value is -2.14. The second-order valence-corrected chi connectivity index (χ2v) is 4.93. The van der Waals surface area contributed by atoms with Crippen molar-refractivity contribution in [1.82, 2.24) is 19.8 Å². The van der Waals surface area contributed by atoms with Crippen LogP contribution in [0, 0.1) is 0 Å². The van der Waals surface area contributed by atoms with Gasteiger partial charge in [0.15, 0.2) is 0 Å². The lowest BCUT2D eigenvalue weighted by molar-refractivity contribution is 0.0952. The van der Waals surface area contributed by atoms with Gasteiger partial charge in [-0.2, -0.15) is 0 Å². The van der Waals surface area contributed by atoms with Crippen LogP contribution < -0.4 is 5.32 Å². The monoisotopic (exact) mass is 272 g/mol. The molecule has 1 amide bonds. The van der Waals surface area contributed by atoms with E-state index in [1.54, 1.807) is 12.5 Å². The Morgan fingerprint density at radius 3 is 2.65 bits per heavy atom. The summed E-state index contributed by atoms with van der Waals surface area (Å²) in [7, 11) is 4.05. The summed E-state index contributed by atoms with van der Waals surface area (Å²) >= 11 is 0. The molecule has 0 saturated heterocycles. The molecule has 2 aromatic rings. The Bertz CT molecular complexity index is 532. The Balaban J connectivity index is 1.88. The molecule has 0 atom stereocenters. The molecule has 0 bridgehead atoms. The number of benzene rings is 1. The van der Waals surface area contributed by atoms with Crippen LogP contribution in [0.15, 0.2) is 43.0 Å². The first-order valence-corrected chi connectivity index (χ1v) is 6.68. The maximum Gasteiger partial charge on any atom is 0.251 e. The first kappa shape index (κ1) is 14.3. The van der Waals surface area contributed by atoms with Gasteiger partial charge in [0.25, 0.3) is 5.91 Å². The lowest BCUT2D eigenvalue weighted by Crippen LogP contribution is -2.27. The van der Waals surface area contributed by atoms with Gasteiger partial charge in [0.05, 0.1) is 6.33 Å². The third-order valence-corrected chi connectivity index (χ3v) is 3.00. The number of imidazole rings is 1. The van der Waals surface area contributed by atoms with Gasteiger partial charge in [0.2, 0.25) is 0 Å². The third kappa shape index (κ3) is 3.93. The number of carbonyl (C=O) groups excluding carboxylic acids is 1. The fraction of sp³-hybridized carbons (Fsp3) is 0.333. The average molecular weight is 272 g/mol. The minimum Gasteiger partial charge on any atom is -0.352 e. The second-order valence-electron chi connectivity index (χ2n) is 4.93. The lowest BCUT2D eigenvalue weighted by atomic mass is 10.2. The van der Waals surface area contributed by atoms with Crippen molar-refractivity contribution >= 4 is 5.91 Å². The summed E-state index contributed by atoms with van der Waals surface area (Å²) in [5.74, 6) is -0.0269. The predicted molar refractivity (Wildman–Crippen MR) is 79.1 cm³/mol. The van der Waals surface area contributed by atoms with Crippen molar-refractivity contribution in [3.8, 4) is 5.69 Å². The summed E-state index contributed by atoms with van der Waals surface area (Å²) in [4.78, 5) is 18.0. The van der Waals surface area contributed by atoms with E-state index >= 15 is 0 Å². The lowest BCUT2D eigenvalue weighted by Gasteiger charge is -2.10. The summed E-state index contributed by atoms with van der Waals surface area (Å²) in [6.07, 6.45) is 6.28. The van der Waals surface area contributed by atoms with Crippen LogP contribution in [0.1, 0.15) is 16.8 Å². The van der Waals surface area contributed by atoms with Crippen molar-refractivity contribution < 1.29 is 4.79 Å². The minimum absolute atomic E-state index is 0.0269. The highest BCUT2D eigenvalue weighted by Crippen LogP contribution is 2.09. The molecule has 0 spiro atoms. The van der Waals surface area contributed by atoms with Crippen LogP contribution in [0.3, 0.4) is 0 Å². The van der Waals surface area contributed by atoms with E-state index in [4.69, 9.17) is 0 Å². The van der Waals surface area contributed by atoms with Gasteiger partial charge in [-0.25, -0.2) is 4.98 Å². The van der Waals surface area contributed by atoms with Gasteiger partial charge in [0, 0.05) is 30.2 Å². The maximum atomic E-state index is 11.9. The molecular formula is C15H20N4O. The van der Waals surface area contributed by atoms with Crippen LogP contribution in [0.5, 0.6) is 0 Å². The largest absolute Gasteiger partial charge is 0.352 e. The number of aromatic nitrogens is 2. The van der Waals surface area contributed by atoms with E-state index in [0.717, 1.165) is 18.7 Å². The van der Waals surface area contributed by atoms with Crippen LogP contribution in [-0.2, 0) is 0 Å². The SMILES string of the molecule is CN(C)CCCNC(=O)c1ccc(-n2ccnc2)cc1. The molecule has 5 heteroatoms. The number of amides is 1. The van der Waals surface area contributed by atoms with Crippen molar-refractivity contribution in [2.45, 2.75) is 6.42 Å². The van der Waals surface area contributed by atoms with Crippen LogP contribution in [0.25, 0.3) is 5.69 Å². The van der Waals surface area contributed by atoms with Crippen LogP contribution in [0.4, 0.5) is 0 Å². The van der Waals surface area contributed by atoms with E-state index in [9.17, 15) is 4.79 Å². The summed E-state index contributed by atoms with van der Waals surface area (Å²) in [6.45, 7) is 1.67. The molecule has 0 saturated carbocycles. The van der Waals surface area contributed by atoms with Crippen molar-refractivity contribution in [1.29, 1.82) is 0 Å². The predicted octanol–water partition coefficient (Wildman–Crippen LogP) is 1.55. The standard InChI is InChI=1S/C15H20N4O/c1-18(2)10-3-8-17-15(20)13-4-6-14(7-5-13)19-11-9-16-12-19/h4-7,9,11-12H,3,8,10H2,1-2H3,(H,17,20).